The van der Waals surface area contributed by atoms with E-state index in [0.29, 0.717) is 11.9 Å². The van der Waals surface area contributed by atoms with Gasteiger partial charge in [-0.05, 0) is 6.92 Å². The van der Waals surface area contributed by atoms with Crippen molar-refractivity contribution in [1.82, 2.24) is 10.2 Å². The van der Waals surface area contributed by atoms with Crippen molar-refractivity contribution in [2.24, 2.45) is 0 Å². The fourth-order valence-corrected chi connectivity index (χ4v) is 0.988. The van der Waals surface area contributed by atoms with E-state index in [1.807, 2.05) is 18.9 Å². The normalized spacial score (nSPS) is 27.3. The van der Waals surface area contributed by atoms with Gasteiger partial charge in [0.25, 0.3) is 6.20 Å². The SMILES string of the molecule is CC1CN/C(=C\[N+](=O)[O-])N1C. The van der Waals surface area contributed by atoms with Crippen LogP contribution in [0, 0.1) is 10.1 Å². The van der Waals surface area contributed by atoms with Gasteiger partial charge in [0.1, 0.15) is 0 Å². The standard InChI is InChI=1S/C6H11N3O2/c1-5-3-7-6(8(5)2)4-9(10)11/h4-5,7H,3H2,1-2H3/b6-4+. The van der Waals surface area contributed by atoms with Crippen LogP contribution in [0.25, 0.3) is 0 Å². The Kier molecular flexibility index (Phi) is 1.98. The van der Waals surface area contributed by atoms with Crippen LogP contribution in [0.4, 0.5) is 0 Å². The molecule has 5 nitrogen and oxygen atoms in total. The molecule has 1 rings (SSSR count). The molecule has 0 aromatic heterocycles. The summed E-state index contributed by atoms with van der Waals surface area (Å²) in [6, 6.07) is 0.334. The summed E-state index contributed by atoms with van der Waals surface area (Å²) in [6.07, 6.45) is 0.990. The van der Waals surface area contributed by atoms with E-state index in [1.54, 1.807) is 0 Å². The maximum Gasteiger partial charge on any atom is 0.274 e. The summed E-state index contributed by atoms with van der Waals surface area (Å²) in [7, 11) is 1.83. The van der Waals surface area contributed by atoms with E-state index in [4.69, 9.17) is 0 Å². The molecule has 0 saturated carbocycles. The highest BCUT2D eigenvalue weighted by atomic mass is 16.6. The zero-order valence-electron chi connectivity index (χ0n) is 6.57. The Balaban J connectivity index is 2.68. The van der Waals surface area contributed by atoms with Gasteiger partial charge >= 0.3 is 0 Å². The fourth-order valence-electron chi connectivity index (χ4n) is 0.988. The molecule has 1 N–H and O–H groups in total. The van der Waals surface area contributed by atoms with Crippen LogP contribution in [0.1, 0.15) is 6.92 Å². The Morgan fingerprint density at radius 3 is 2.91 bits per heavy atom. The van der Waals surface area contributed by atoms with Crippen LogP contribution in [0.15, 0.2) is 12.0 Å². The average Bonchev–Trinajstić information content (AvgIpc) is 2.18. The quantitative estimate of drug-likeness (QED) is 0.429. The Morgan fingerprint density at radius 2 is 2.55 bits per heavy atom. The van der Waals surface area contributed by atoms with Crippen molar-refractivity contribution in [1.29, 1.82) is 0 Å². The Bertz CT molecular complexity index is 202. The summed E-state index contributed by atoms with van der Waals surface area (Å²) in [4.78, 5) is 11.5. The Morgan fingerprint density at radius 1 is 1.91 bits per heavy atom. The predicted octanol–water partition coefficient (Wildman–Crippen LogP) is -0.0145. The number of hydrogen-bond donors (Lipinski definition) is 1. The van der Waals surface area contributed by atoms with Gasteiger partial charge in [-0.15, -0.1) is 0 Å². The van der Waals surface area contributed by atoms with Crippen LogP contribution < -0.4 is 5.32 Å². The second-order valence-electron chi connectivity index (χ2n) is 2.64. The van der Waals surface area contributed by atoms with Gasteiger partial charge in [0.15, 0.2) is 5.82 Å². The molecule has 1 aliphatic rings. The van der Waals surface area contributed by atoms with Crippen molar-refractivity contribution < 1.29 is 4.92 Å². The molecule has 62 valence electrons. The first kappa shape index (κ1) is 7.84. The molecular formula is C6H11N3O2. The monoisotopic (exact) mass is 157 g/mol. The lowest BCUT2D eigenvalue weighted by Gasteiger charge is -2.14. The van der Waals surface area contributed by atoms with E-state index < -0.39 is 4.92 Å². The molecule has 1 fully saturated rings. The Hall–Kier alpha value is -1.26. The number of likely N-dealkylation sites (N-methyl/N-ethyl adjacent to an activating group) is 1. The first-order valence-corrected chi connectivity index (χ1v) is 3.43. The van der Waals surface area contributed by atoms with Gasteiger partial charge in [0.2, 0.25) is 0 Å². The first-order valence-electron chi connectivity index (χ1n) is 3.43. The summed E-state index contributed by atoms with van der Waals surface area (Å²) in [5.74, 6) is 0.586. The summed E-state index contributed by atoms with van der Waals surface area (Å²) in [5.41, 5.74) is 0. The average molecular weight is 157 g/mol. The van der Waals surface area contributed by atoms with Crippen LogP contribution in [-0.2, 0) is 0 Å². The molecule has 1 aliphatic heterocycles. The summed E-state index contributed by atoms with van der Waals surface area (Å²) in [6.45, 7) is 2.78. The molecule has 1 unspecified atom stereocenters. The second kappa shape index (κ2) is 2.77. The van der Waals surface area contributed by atoms with E-state index in [1.165, 1.54) is 0 Å². The lowest BCUT2D eigenvalue weighted by atomic mass is 10.3. The summed E-state index contributed by atoms with van der Waals surface area (Å²) >= 11 is 0. The molecule has 0 spiro atoms. The van der Waals surface area contributed by atoms with Crippen molar-refractivity contribution in [2.75, 3.05) is 13.6 Å². The Labute approximate surface area is 64.8 Å². The molecule has 0 amide bonds. The van der Waals surface area contributed by atoms with Crippen LogP contribution in [0.5, 0.6) is 0 Å². The van der Waals surface area contributed by atoms with E-state index >= 15 is 0 Å². The maximum atomic E-state index is 10.1. The van der Waals surface area contributed by atoms with E-state index in [9.17, 15) is 10.1 Å². The molecular weight excluding hydrogens is 146 g/mol. The number of nitrogens with zero attached hydrogens (tertiary/aromatic N) is 2. The molecule has 1 atom stereocenters. The van der Waals surface area contributed by atoms with Crippen LogP contribution in [-0.4, -0.2) is 29.5 Å². The maximum absolute atomic E-state index is 10.1. The van der Waals surface area contributed by atoms with Crippen molar-refractivity contribution in [2.45, 2.75) is 13.0 Å². The summed E-state index contributed by atoms with van der Waals surface area (Å²) < 4.78 is 0. The lowest BCUT2D eigenvalue weighted by molar-refractivity contribution is -0.404. The topological polar surface area (TPSA) is 58.4 Å². The largest absolute Gasteiger partial charge is 0.365 e. The van der Waals surface area contributed by atoms with Gasteiger partial charge in [-0.2, -0.15) is 0 Å². The predicted molar refractivity (Wildman–Crippen MR) is 40.3 cm³/mol. The molecule has 1 saturated heterocycles. The summed E-state index contributed by atoms with van der Waals surface area (Å²) in [5, 5.41) is 13.0. The zero-order chi connectivity index (χ0) is 8.43. The van der Waals surface area contributed by atoms with E-state index in [0.717, 1.165) is 12.7 Å². The number of nitrogens with one attached hydrogen (secondary N) is 1. The van der Waals surface area contributed by atoms with Gasteiger partial charge in [0.05, 0.1) is 4.92 Å². The number of hydrogen-bond acceptors (Lipinski definition) is 4. The molecule has 0 radical (unpaired) electrons. The van der Waals surface area contributed by atoms with Gasteiger partial charge in [-0.25, -0.2) is 0 Å². The third kappa shape index (κ3) is 1.60. The lowest BCUT2D eigenvalue weighted by Crippen LogP contribution is -2.22. The fraction of sp³-hybridized carbons (Fsp3) is 0.667. The highest BCUT2D eigenvalue weighted by Crippen LogP contribution is 2.09. The number of rotatable bonds is 1. The van der Waals surface area contributed by atoms with Crippen LogP contribution in [0.2, 0.25) is 0 Å². The highest BCUT2D eigenvalue weighted by molar-refractivity contribution is 5.01. The molecule has 11 heavy (non-hydrogen) atoms. The minimum absolute atomic E-state index is 0.334. The zero-order valence-corrected chi connectivity index (χ0v) is 6.57. The molecule has 1 heterocycles. The van der Waals surface area contributed by atoms with E-state index in [-0.39, 0.29) is 0 Å². The molecule has 0 aliphatic carbocycles. The van der Waals surface area contributed by atoms with E-state index in [2.05, 4.69) is 5.32 Å². The van der Waals surface area contributed by atoms with Crippen molar-refractivity contribution in [3.05, 3.63) is 22.1 Å². The third-order valence-corrected chi connectivity index (χ3v) is 1.85. The van der Waals surface area contributed by atoms with Crippen molar-refractivity contribution >= 4 is 0 Å². The van der Waals surface area contributed by atoms with Gasteiger partial charge in [-0.1, -0.05) is 0 Å². The van der Waals surface area contributed by atoms with Gasteiger partial charge in [-0.3, -0.25) is 10.1 Å². The molecule has 0 bridgehead atoms. The number of nitro groups is 1. The minimum Gasteiger partial charge on any atom is -0.365 e. The third-order valence-electron chi connectivity index (χ3n) is 1.85. The highest BCUT2D eigenvalue weighted by Gasteiger charge is 2.21. The smallest absolute Gasteiger partial charge is 0.274 e. The van der Waals surface area contributed by atoms with Gasteiger partial charge < -0.3 is 10.2 Å². The first-order chi connectivity index (χ1) is 5.11. The molecule has 0 aromatic carbocycles. The molecule has 5 heteroatoms. The van der Waals surface area contributed by atoms with Crippen molar-refractivity contribution in [3.8, 4) is 0 Å². The van der Waals surface area contributed by atoms with Crippen molar-refractivity contribution in [3.63, 3.8) is 0 Å². The van der Waals surface area contributed by atoms with Crippen LogP contribution >= 0.6 is 0 Å². The minimum atomic E-state index is -0.448. The second-order valence-corrected chi connectivity index (χ2v) is 2.64. The molecule has 0 aromatic rings. The van der Waals surface area contributed by atoms with Gasteiger partial charge in [0, 0.05) is 19.6 Å². The van der Waals surface area contributed by atoms with Crippen LogP contribution in [0.3, 0.4) is 0 Å².